The molecule has 0 aliphatic carbocycles. The van der Waals surface area contributed by atoms with E-state index in [0.29, 0.717) is 28.7 Å². The van der Waals surface area contributed by atoms with Crippen molar-refractivity contribution in [3.63, 3.8) is 0 Å². The molecule has 1 aromatic heterocycles. The molecular weight excluding hydrogens is 323 g/mol. The Morgan fingerprint density at radius 3 is 2.33 bits per heavy atom. The lowest BCUT2D eigenvalue weighted by atomic mass is 10.1. The van der Waals surface area contributed by atoms with Gasteiger partial charge in [0.05, 0.1) is 17.1 Å². The van der Waals surface area contributed by atoms with Gasteiger partial charge in [0, 0.05) is 12.1 Å². The van der Waals surface area contributed by atoms with E-state index < -0.39 is 35.0 Å². The first kappa shape index (κ1) is 15.9. The molecule has 0 bridgehead atoms. The number of fused-ring (bicyclic) bond motifs is 1. The Morgan fingerprint density at radius 1 is 1.04 bits per heavy atom. The molecule has 3 N–H and O–H groups in total. The third-order valence-electron chi connectivity index (χ3n) is 3.62. The second-order valence-electron chi connectivity index (χ2n) is 5.32. The minimum atomic E-state index is -1.28. The molecule has 124 valence electrons. The summed E-state index contributed by atoms with van der Waals surface area (Å²) in [5.41, 5.74) is 0.540. The molecule has 2 aromatic carbocycles. The van der Waals surface area contributed by atoms with Gasteiger partial charge in [0.1, 0.15) is 23.0 Å². The van der Waals surface area contributed by atoms with Crippen molar-refractivity contribution in [3.8, 4) is 0 Å². The number of nitrogens with one attached hydrogen (secondary N) is 3. The van der Waals surface area contributed by atoms with Gasteiger partial charge in [-0.05, 0) is 24.6 Å². The van der Waals surface area contributed by atoms with E-state index in [1.54, 1.807) is 25.1 Å². The van der Waals surface area contributed by atoms with E-state index in [1.807, 2.05) is 0 Å². The number of carbonyl (C=O) groups is 1. The largest absolute Gasteiger partial charge is 0.345 e. The highest BCUT2D eigenvalue weighted by Gasteiger charge is 2.21. The van der Waals surface area contributed by atoms with Gasteiger partial charge in [0.2, 0.25) is 0 Å². The van der Waals surface area contributed by atoms with Crippen LogP contribution < -0.4 is 11.0 Å². The molecule has 0 radical (unpaired) electrons. The molecule has 1 heterocycles. The van der Waals surface area contributed by atoms with E-state index in [0.717, 1.165) is 0 Å². The molecule has 0 unspecified atom stereocenters. The standard InChI is InChI=1S/C16H12F3N3O2/c1-7(8-2-3-12-13(4-8)22-16(24)21-12)20-15(23)14-10(18)5-9(17)6-11(14)19/h2-7H,1H3,(H,20,23)(H2,21,22,24)/t7-/m0/s1. The molecule has 0 spiro atoms. The predicted octanol–water partition coefficient (Wildman–Crippen LogP) is 2.76. The average Bonchev–Trinajstić information content (AvgIpc) is 2.84. The second kappa shape index (κ2) is 5.88. The highest BCUT2D eigenvalue weighted by molar-refractivity contribution is 5.95. The molecular formula is C16H12F3N3O2. The third-order valence-corrected chi connectivity index (χ3v) is 3.62. The monoisotopic (exact) mass is 335 g/mol. The molecule has 3 aromatic rings. The number of aromatic amines is 2. The SMILES string of the molecule is C[C@H](NC(=O)c1c(F)cc(F)cc1F)c1ccc2[nH]c(=O)[nH]c2c1. The Labute approximate surface area is 133 Å². The van der Waals surface area contributed by atoms with Crippen molar-refractivity contribution in [2.45, 2.75) is 13.0 Å². The fraction of sp³-hybridized carbons (Fsp3) is 0.125. The van der Waals surface area contributed by atoms with Crippen molar-refractivity contribution in [2.24, 2.45) is 0 Å². The van der Waals surface area contributed by atoms with Gasteiger partial charge < -0.3 is 15.3 Å². The van der Waals surface area contributed by atoms with Crippen LogP contribution in [0, 0.1) is 17.5 Å². The quantitative estimate of drug-likeness (QED) is 0.688. The van der Waals surface area contributed by atoms with E-state index in [2.05, 4.69) is 15.3 Å². The predicted molar refractivity (Wildman–Crippen MR) is 81.1 cm³/mol. The average molecular weight is 335 g/mol. The molecule has 0 aliphatic heterocycles. The molecule has 1 amide bonds. The summed E-state index contributed by atoms with van der Waals surface area (Å²) in [4.78, 5) is 28.5. The van der Waals surface area contributed by atoms with E-state index in [9.17, 15) is 22.8 Å². The molecule has 8 heteroatoms. The second-order valence-corrected chi connectivity index (χ2v) is 5.32. The first-order valence-corrected chi connectivity index (χ1v) is 7.02. The zero-order chi connectivity index (χ0) is 17.4. The lowest BCUT2D eigenvalue weighted by Crippen LogP contribution is -2.28. The van der Waals surface area contributed by atoms with Gasteiger partial charge in [-0.1, -0.05) is 6.07 Å². The van der Waals surface area contributed by atoms with E-state index >= 15 is 0 Å². The Balaban J connectivity index is 1.86. The van der Waals surface area contributed by atoms with Crippen LogP contribution in [0.1, 0.15) is 28.9 Å². The summed E-state index contributed by atoms with van der Waals surface area (Å²) in [7, 11) is 0. The Bertz CT molecular complexity index is 971. The van der Waals surface area contributed by atoms with Gasteiger partial charge in [0.25, 0.3) is 5.91 Å². The minimum absolute atomic E-state index is 0.366. The first-order valence-electron chi connectivity index (χ1n) is 7.02. The number of carbonyl (C=O) groups excluding carboxylic acids is 1. The van der Waals surface area contributed by atoms with Crippen LogP contribution >= 0.6 is 0 Å². The molecule has 0 saturated heterocycles. The molecule has 1 atom stereocenters. The highest BCUT2D eigenvalue weighted by Crippen LogP contribution is 2.19. The molecule has 0 saturated carbocycles. The van der Waals surface area contributed by atoms with Gasteiger partial charge in [-0.25, -0.2) is 18.0 Å². The number of halogens is 3. The maximum atomic E-state index is 13.6. The summed E-state index contributed by atoms with van der Waals surface area (Å²) in [6.45, 7) is 1.61. The van der Waals surface area contributed by atoms with Gasteiger partial charge in [-0.3, -0.25) is 4.79 Å². The lowest BCUT2D eigenvalue weighted by molar-refractivity contribution is 0.0931. The van der Waals surface area contributed by atoms with Crippen molar-refractivity contribution in [3.05, 3.63) is 69.4 Å². The fourth-order valence-electron chi connectivity index (χ4n) is 2.43. The number of H-pyrrole nitrogens is 2. The summed E-state index contributed by atoms with van der Waals surface area (Å²) in [5, 5.41) is 2.44. The topological polar surface area (TPSA) is 77.8 Å². The van der Waals surface area contributed by atoms with Crippen LogP contribution in [-0.2, 0) is 0 Å². The van der Waals surface area contributed by atoms with Crippen molar-refractivity contribution in [1.29, 1.82) is 0 Å². The number of rotatable bonds is 3. The van der Waals surface area contributed by atoms with Crippen molar-refractivity contribution >= 4 is 16.9 Å². The number of amides is 1. The first-order chi connectivity index (χ1) is 11.3. The van der Waals surface area contributed by atoms with Gasteiger partial charge >= 0.3 is 5.69 Å². The molecule has 5 nitrogen and oxygen atoms in total. The van der Waals surface area contributed by atoms with Crippen molar-refractivity contribution in [2.75, 3.05) is 0 Å². The van der Waals surface area contributed by atoms with Crippen LogP contribution in [0.5, 0.6) is 0 Å². The molecule has 24 heavy (non-hydrogen) atoms. The van der Waals surface area contributed by atoms with Crippen LogP contribution in [0.3, 0.4) is 0 Å². The summed E-state index contributed by atoms with van der Waals surface area (Å²) < 4.78 is 40.2. The fourth-order valence-corrected chi connectivity index (χ4v) is 2.43. The zero-order valence-corrected chi connectivity index (χ0v) is 12.4. The summed E-state index contributed by atoms with van der Waals surface area (Å²) in [5.74, 6) is -4.65. The summed E-state index contributed by atoms with van der Waals surface area (Å²) >= 11 is 0. The van der Waals surface area contributed by atoms with Gasteiger partial charge in [-0.2, -0.15) is 0 Å². The highest BCUT2D eigenvalue weighted by atomic mass is 19.1. The van der Waals surface area contributed by atoms with Crippen LogP contribution in [-0.4, -0.2) is 15.9 Å². The lowest BCUT2D eigenvalue weighted by Gasteiger charge is -2.15. The molecule has 0 aliphatic rings. The summed E-state index contributed by atoms with van der Waals surface area (Å²) in [6, 6.07) is 5.23. The molecule has 0 fully saturated rings. The Kier molecular flexibility index (Phi) is 3.88. The van der Waals surface area contributed by atoms with Gasteiger partial charge in [-0.15, -0.1) is 0 Å². The normalized spacial score (nSPS) is 12.3. The zero-order valence-electron chi connectivity index (χ0n) is 12.4. The number of aromatic nitrogens is 2. The van der Waals surface area contributed by atoms with Crippen LogP contribution in [0.25, 0.3) is 11.0 Å². The number of hydrogen-bond donors (Lipinski definition) is 3. The van der Waals surface area contributed by atoms with Crippen molar-refractivity contribution in [1.82, 2.24) is 15.3 Å². The van der Waals surface area contributed by atoms with E-state index in [1.165, 1.54) is 0 Å². The summed E-state index contributed by atoms with van der Waals surface area (Å²) in [6.07, 6.45) is 0. The van der Waals surface area contributed by atoms with Crippen LogP contribution in [0.15, 0.2) is 35.1 Å². The van der Waals surface area contributed by atoms with Crippen LogP contribution in [0.2, 0.25) is 0 Å². The minimum Gasteiger partial charge on any atom is -0.345 e. The van der Waals surface area contributed by atoms with E-state index in [-0.39, 0.29) is 5.69 Å². The van der Waals surface area contributed by atoms with E-state index in [4.69, 9.17) is 0 Å². The van der Waals surface area contributed by atoms with Crippen LogP contribution in [0.4, 0.5) is 13.2 Å². The number of hydrogen-bond acceptors (Lipinski definition) is 2. The Morgan fingerprint density at radius 2 is 1.67 bits per heavy atom. The third kappa shape index (κ3) is 2.90. The number of benzene rings is 2. The van der Waals surface area contributed by atoms with Gasteiger partial charge in [0.15, 0.2) is 0 Å². The van der Waals surface area contributed by atoms with Crippen molar-refractivity contribution < 1.29 is 18.0 Å². The maximum absolute atomic E-state index is 13.6. The maximum Gasteiger partial charge on any atom is 0.323 e. The molecule has 3 rings (SSSR count). The smallest absolute Gasteiger partial charge is 0.323 e. The Hall–Kier alpha value is -3.03. The number of imidazole rings is 1.